The molecule has 1 unspecified atom stereocenters. The van der Waals surface area contributed by atoms with Crippen LogP contribution in [0.25, 0.3) is 0 Å². The Labute approximate surface area is 162 Å². The molecule has 2 aliphatic rings. The first-order chi connectivity index (χ1) is 13.5. The molecule has 0 radical (unpaired) electrons. The number of fused-ring (bicyclic) bond motifs is 2. The van der Waals surface area contributed by atoms with Crippen LogP contribution in [0.1, 0.15) is 18.7 Å². The van der Waals surface area contributed by atoms with Crippen LogP contribution in [0.5, 0.6) is 5.75 Å². The van der Waals surface area contributed by atoms with Crippen LogP contribution in [-0.4, -0.2) is 21.5 Å². The van der Waals surface area contributed by atoms with Gasteiger partial charge in [-0.15, -0.1) is 0 Å². The maximum Gasteiger partial charge on any atom is 0.187 e. The van der Waals surface area contributed by atoms with E-state index in [1.807, 2.05) is 67.6 Å². The molecule has 28 heavy (non-hydrogen) atoms. The summed E-state index contributed by atoms with van der Waals surface area (Å²) in [5.41, 5.74) is -0.585. The molecule has 5 rings (SSSR count). The highest BCUT2D eigenvalue weighted by Crippen LogP contribution is 2.69. The van der Waals surface area contributed by atoms with Gasteiger partial charge in [-0.1, -0.05) is 60.7 Å². The van der Waals surface area contributed by atoms with Crippen LogP contribution in [0.4, 0.5) is 4.39 Å². The predicted octanol–water partition coefficient (Wildman–Crippen LogP) is 3.58. The molecule has 1 fully saturated rings. The van der Waals surface area contributed by atoms with E-state index in [0.29, 0.717) is 21.9 Å². The molecule has 0 aliphatic carbocycles. The van der Waals surface area contributed by atoms with Gasteiger partial charge in [0.1, 0.15) is 23.6 Å². The molecule has 2 heterocycles. The summed E-state index contributed by atoms with van der Waals surface area (Å²) in [6.45, 7) is 1.83. The van der Waals surface area contributed by atoms with Crippen molar-refractivity contribution in [2.45, 2.75) is 24.7 Å². The summed E-state index contributed by atoms with van der Waals surface area (Å²) in [7, 11) is -3.19. The minimum atomic E-state index is -3.19. The van der Waals surface area contributed by atoms with E-state index in [-0.39, 0.29) is 0 Å². The SMILES string of the molecule is C[C@@]12Oc3ccc(F)cc3[C@H](O)N1[C@H]2P(=O)(c1ccccc1)c1ccccc1. The van der Waals surface area contributed by atoms with Crippen molar-refractivity contribution in [1.82, 2.24) is 4.90 Å². The van der Waals surface area contributed by atoms with Crippen molar-refractivity contribution < 1.29 is 18.8 Å². The van der Waals surface area contributed by atoms with Gasteiger partial charge in [-0.3, -0.25) is 0 Å². The average Bonchev–Trinajstić information content (AvgIpc) is 3.36. The van der Waals surface area contributed by atoms with Crippen molar-refractivity contribution >= 4 is 17.8 Å². The van der Waals surface area contributed by atoms with Gasteiger partial charge in [0.05, 0.1) is 0 Å². The van der Waals surface area contributed by atoms with Crippen molar-refractivity contribution in [2.24, 2.45) is 0 Å². The van der Waals surface area contributed by atoms with Gasteiger partial charge in [0.2, 0.25) is 0 Å². The van der Waals surface area contributed by atoms with Gasteiger partial charge in [0.15, 0.2) is 12.9 Å². The lowest BCUT2D eigenvalue weighted by Gasteiger charge is -2.27. The zero-order chi connectivity index (χ0) is 19.5. The van der Waals surface area contributed by atoms with Crippen LogP contribution < -0.4 is 15.3 Å². The lowest BCUT2D eigenvalue weighted by Crippen LogP contribution is -2.31. The summed E-state index contributed by atoms with van der Waals surface area (Å²) in [6.07, 6.45) is -1.09. The monoisotopic (exact) mass is 395 g/mol. The van der Waals surface area contributed by atoms with Crippen LogP contribution >= 0.6 is 7.14 Å². The number of aliphatic hydroxyl groups is 1. The number of ether oxygens (including phenoxy) is 1. The normalized spacial score (nSPS) is 28.0. The summed E-state index contributed by atoms with van der Waals surface area (Å²) in [4.78, 5) is 1.68. The van der Waals surface area contributed by atoms with Crippen LogP contribution in [0, 0.1) is 5.82 Å². The predicted molar refractivity (Wildman–Crippen MR) is 106 cm³/mol. The van der Waals surface area contributed by atoms with Gasteiger partial charge >= 0.3 is 0 Å². The summed E-state index contributed by atoms with van der Waals surface area (Å²) in [5.74, 6) is -0.587. The van der Waals surface area contributed by atoms with Gasteiger partial charge in [-0.25, -0.2) is 9.29 Å². The molecule has 3 aromatic rings. The first kappa shape index (κ1) is 17.6. The van der Waals surface area contributed by atoms with Crippen LogP contribution in [0.15, 0.2) is 78.9 Å². The Morgan fingerprint density at radius 2 is 1.57 bits per heavy atom. The van der Waals surface area contributed by atoms with Crippen molar-refractivity contribution in [2.75, 3.05) is 0 Å². The molecule has 4 nitrogen and oxygen atoms in total. The Bertz CT molecular complexity index is 1050. The molecule has 3 aromatic carbocycles. The second-order valence-electron chi connectivity index (χ2n) is 7.32. The molecular formula is C22H19FNO3P. The second kappa shape index (κ2) is 6.02. The average molecular weight is 395 g/mol. The Kier molecular flexibility index (Phi) is 3.79. The fraction of sp³-hybridized carbons (Fsp3) is 0.182. The molecule has 4 atom stereocenters. The molecule has 0 aromatic heterocycles. The number of halogens is 1. The topological polar surface area (TPSA) is 49.5 Å². The maximum atomic E-state index is 14.6. The fourth-order valence-electron chi connectivity index (χ4n) is 4.29. The highest BCUT2D eigenvalue weighted by atomic mass is 31.2. The van der Waals surface area contributed by atoms with E-state index < -0.39 is 30.7 Å². The highest BCUT2D eigenvalue weighted by molar-refractivity contribution is 7.79. The summed E-state index contributed by atoms with van der Waals surface area (Å²) in [6, 6.07) is 22.7. The number of rotatable bonds is 3. The minimum absolute atomic E-state index is 0.354. The largest absolute Gasteiger partial charge is 0.470 e. The van der Waals surface area contributed by atoms with Gasteiger partial charge in [-0.2, -0.15) is 0 Å². The molecule has 1 saturated heterocycles. The van der Waals surface area contributed by atoms with E-state index in [0.717, 1.165) is 0 Å². The van der Waals surface area contributed by atoms with E-state index in [9.17, 15) is 14.1 Å². The zero-order valence-corrected chi connectivity index (χ0v) is 16.1. The first-order valence-electron chi connectivity index (χ1n) is 9.12. The van der Waals surface area contributed by atoms with E-state index in [1.165, 1.54) is 18.2 Å². The van der Waals surface area contributed by atoms with Crippen LogP contribution in [0.2, 0.25) is 0 Å². The van der Waals surface area contributed by atoms with Crippen LogP contribution in [0.3, 0.4) is 0 Å². The Balaban J connectivity index is 1.66. The van der Waals surface area contributed by atoms with Gasteiger partial charge in [0.25, 0.3) is 0 Å². The maximum absolute atomic E-state index is 14.6. The summed E-state index contributed by atoms with van der Waals surface area (Å²) >= 11 is 0. The molecule has 0 saturated carbocycles. The summed E-state index contributed by atoms with van der Waals surface area (Å²) in [5, 5.41) is 12.4. The third kappa shape index (κ3) is 2.34. The van der Waals surface area contributed by atoms with Gasteiger partial charge in [0, 0.05) is 16.2 Å². The lowest BCUT2D eigenvalue weighted by molar-refractivity contribution is -0.0160. The summed E-state index contributed by atoms with van der Waals surface area (Å²) < 4.78 is 34.5. The Morgan fingerprint density at radius 3 is 2.14 bits per heavy atom. The van der Waals surface area contributed by atoms with Crippen molar-refractivity contribution in [1.29, 1.82) is 0 Å². The number of aliphatic hydroxyl groups excluding tert-OH is 1. The minimum Gasteiger partial charge on any atom is -0.470 e. The van der Waals surface area contributed by atoms with Crippen molar-refractivity contribution in [3.05, 3.63) is 90.2 Å². The standard InChI is InChI=1S/C22H19FNO3P/c1-22-21(24(22)20(25)18-14-15(23)12-13-19(18)27-22)28(26,16-8-4-2-5-9-16)17-10-6-3-7-11-17/h2-14,20-21,25H,1H3/t20-,21-,22-,24?/m0/s1. The lowest BCUT2D eigenvalue weighted by atomic mass is 10.1. The third-order valence-corrected chi connectivity index (χ3v) is 9.19. The zero-order valence-electron chi connectivity index (χ0n) is 15.2. The molecule has 142 valence electrons. The number of benzene rings is 3. The molecule has 6 heteroatoms. The third-order valence-electron chi connectivity index (χ3n) is 5.64. The van der Waals surface area contributed by atoms with Gasteiger partial charge in [-0.05, 0) is 25.1 Å². The van der Waals surface area contributed by atoms with Gasteiger partial charge < -0.3 is 14.4 Å². The molecular weight excluding hydrogens is 376 g/mol. The number of nitrogens with zero attached hydrogens (tertiary/aromatic N) is 1. The van der Waals surface area contributed by atoms with E-state index in [2.05, 4.69) is 0 Å². The second-order valence-corrected chi connectivity index (χ2v) is 10.2. The molecule has 1 N–H and O–H groups in total. The van der Waals surface area contributed by atoms with E-state index in [1.54, 1.807) is 4.90 Å². The number of hydrogen-bond acceptors (Lipinski definition) is 4. The smallest absolute Gasteiger partial charge is 0.187 e. The molecule has 0 amide bonds. The van der Waals surface area contributed by atoms with E-state index in [4.69, 9.17) is 4.74 Å². The Morgan fingerprint density at radius 1 is 1.00 bits per heavy atom. The quantitative estimate of drug-likeness (QED) is 0.544. The molecule has 0 bridgehead atoms. The first-order valence-corrected chi connectivity index (χ1v) is 10.9. The van der Waals surface area contributed by atoms with Crippen molar-refractivity contribution in [3.63, 3.8) is 0 Å². The van der Waals surface area contributed by atoms with Crippen LogP contribution in [-0.2, 0) is 4.57 Å². The molecule has 0 spiro atoms. The Hall–Kier alpha value is -2.46. The molecule has 2 aliphatic heterocycles. The highest BCUT2D eigenvalue weighted by Gasteiger charge is 2.74. The number of hydrogen-bond donors (Lipinski definition) is 1. The van der Waals surface area contributed by atoms with E-state index >= 15 is 0 Å². The fourth-order valence-corrected chi connectivity index (χ4v) is 7.88. The van der Waals surface area contributed by atoms with Crippen molar-refractivity contribution in [3.8, 4) is 5.75 Å².